The number of rotatable bonds is 2. The highest BCUT2D eigenvalue weighted by atomic mass is 79.9. The van der Waals surface area contributed by atoms with E-state index in [2.05, 4.69) is 41.9 Å². The molecule has 0 saturated heterocycles. The zero-order chi connectivity index (χ0) is 14.3. The number of aromatic nitrogens is 3. The smallest absolute Gasteiger partial charge is 0.129 e. The molecule has 3 aromatic rings. The minimum atomic E-state index is 0.645. The molecule has 0 unspecified atom stereocenters. The summed E-state index contributed by atoms with van der Waals surface area (Å²) >= 11 is 8.64. The molecule has 0 fully saturated rings. The van der Waals surface area contributed by atoms with Gasteiger partial charge in [0.15, 0.2) is 0 Å². The van der Waals surface area contributed by atoms with Crippen molar-refractivity contribution >= 4 is 49.0 Å². The Morgan fingerprint density at radius 1 is 1.25 bits per heavy atom. The van der Waals surface area contributed by atoms with Gasteiger partial charge >= 0.3 is 0 Å². The predicted octanol–water partition coefficient (Wildman–Crippen LogP) is 4.32. The summed E-state index contributed by atoms with van der Waals surface area (Å²) in [5, 5.41) is 4.55. The van der Waals surface area contributed by atoms with Gasteiger partial charge in [-0.25, -0.2) is 0 Å². The van der Waals surface area contributed by atoms with E-state index in [0.29, 0.717) is 5.82 Å². The molecule has 0 spiro atoms. The van der Waals surface area contributed by atoms with Crippen LogP contribution in [0.2, 0.25) is 0 Å². The van der Waals surface area contributed by atoms with Crippen molar-refractivity contribution in [2.24, 2.45) is 7.05 Å². The van der Waals surface area contributed by atoms with Crippen molar-refractivity contribution in [3.63, 3.8) is 0 Å². The molecule has 4 nitrogen and oxygen atoms in total. The summed E-state index contributed by atoms with van der Waals surface area (Å²) in [5.74, 6) is 0.645. The summed E-state index contributed by atoms with van der Waals surface area (Å²) in [6.07, 6.45) is 3.51. The first kappa shape index (κ1) is 13.8. The Morgan fingerprint density at radius 3 is 2.55 bits per heavy atom. The molecule has 102 valence electrons. The molecular weight excluding hydrogens is 404 g/mol. The molecule has 7 heteroatoms. The van der Waals surface area contributed by atoms with E-state index in [1.165, 1.54) is 0 Å². The summed E-state index contributed by atoms with van der Waals surface area (Å²) in [4.78, 5) is 5.11. The second-order valence-corrected chi connectivity index (χ2v) is 7.43. The molecule has 0 aromatic carbocycles. The highest BCUT2D eigenvalue weighted by Crippen LogP contribution is 2.42. The number of aryl methyl sites for hydroxylation is 1. The van der Waals surface area contributed by atoms with Gasteiger partial charge in [0.1, 0.15) is 11.5 Å². The van der Waals surface area contributed by atoms with Crippen molar-refractivity contribution in [3.8, 4) is 21.7 Å². The van der Waals surface area contributed by atoms with Crippen molar-refractivity contribution in [3.05, 3.63) is 38.9 Å². The second kappa shape index (κ2) is 5.31. The van der Waals surface area contributed by atoms with E-state index >= 15 is 0 Å². The zero-order valence-corrected chi connectivity index (χ0v) is 14.5. The lowest BCUT2D eigenvalue weighted by Crippen LogP contribution is -1.97. The maximum atomic E-state index is 6.18. The summed E-state index contributed by atoms with van der Waals surface area (Å²) in [7, 11) is 1.85. The topological polar surface area (TPSA) is 56.7 Å². The average molecular weight is 414 g/mol. The second-order valence-electron chi connectivity index (χ2n) is 4.20. The van der Waals surface area contributed by atoms with Gasteiger partial charge in [-0.2, -0.15) is 5.10 Å². The van der Waals surface area contributed by atoms with Crippen LogP contribution in [0, 0.1) is 0 Å². The van der Waals surface area contributed by atoms with Crippen LogP contribution in [-0.4, -0.2) is 14.8 Å². The normalized spacial score (nSPS) is 10.9. The molecule has 0 aliphatic rings. The minimum Gasteiger partial charge on any atom is -0.383 e. The lowest BCUT2D eigenvalue weighted by Gasteiger charge is -2.02. The molecule has 20 heavy (non-hydrogen) atoms. The Labute approximate surface area is 136 Å². The third kappa shape index (κ3) is 2.30. The number of nitrogen functional groups attached to an aromatic ring is 1. The Balaban J connectivity index is 2.24. The van der Waals surface area contributed by atoms with Crippen LogP contribution in [0.1, 0.15) is 0 Å². The lowest BCUT2D eigenvalue weighted by molar-refractivity contribution is 0.783. The molecule has 0 radical (unpaired) electrons. The number of nitrogens with two attached hydrogens (primary N) is 1. The number of hydrogen-bond acceptors (Lipinski definition) is 4. The van der Waals surface area contributed by atoms with Crippen LogP contribution in [0.3, 0.4) is 0 Å². The number of hydrogen-bond donors (Lipinski definition) is 1. The number of anilines is 1. The number of thiophene rings is 1. The Bertz CT molecular complexity index is 745. The first-order valence-electron chi connectivity index (χ1n) is 5.76. The third-order valence-corrected chi connectivity index (χ3v) is 6.20. The van der Waals surface area contributed by atoms with Gasteiger partial charge in [-0.3, -0.25) is 9.67 Å². The molecule has 0 atom stereocenters. The molecule has 0 aliphatic heterocycles. The van der Waals surface area contributed by atoms with Gasteiger partial charge in [0.2, 0.25) is 0 Å². The molecule has 0 amide bonds. The largest absolute Gasteiger partial charge is 0.383 e. The van der Waals surface area contributed by atoms with Crippen LogP contribution in [-0.2, 0) is 7.05 Å². The van der Waals surface area contributed by atoms with E-state index in [-0.39, 0.29) is 0 Å². The summed E-state index contributed by atoms with van der Waals surface area (Å²) in [6, 6.07) is 5.92. The predicted molar refractivity (Wildman–Crippen MR) is 89.6 cm³/mol. The summed E-state index contributed by atoms with van der Waals surface area (Å²) < 4.78 is 3.76. The fraction of sp³-hybridized carbons (Fsp3) is 0.0769. The van der Waals surface area contributed by atoms with Gasteiger partial charge < -0.3 is 5.73 Å². The highest BCUT2D eigenvalue weighted by Gasteiger charge is 2.19. The Morgan fingerprint density at radius 2 is 1.95 bits per heavy atom. The summed E-state index contributed by atoms with van der Waals surface area (Å²) in [5.41, 5.74) is 9.02. The van der Waals surface area contributed by atoms with E-state index in [4.69, 9.17) is 5.73 Å². The fourth-order valence-electron chi connectivity index (χ4n) is 1.98. The quantitative estimate of drug-likeness (QED) is 0.680. The van der Waals surface area contributed by atoms with Crippen LogP contribution in [0.25, 0.3) is 21.7 Å². The maximum Gasteiger partial charge on any atom is 0.129 e. The van der Waals surface area contributed by atoms with Gasteiger partial charge in [0.25, 0.3) is 0 Å². The average Bonchev–Trinajstić information content (AvgIpc) is 2.93. The number of nitrogens with zero attached hydrogens (tertiary/aromatic N) is 3. The molecule has 3 aromatic heterocycles. The lowest BCUT2D eigenvalue weighted by atomic mass is 10.1. The van der Waals surface area contributed by atoms with Gasteiger partial charge in [0, 0.05) is 23.9 Å². The first-order valence-corrected chi connectivity index (χ1v) is 8.16. The van der Waals surface area contributed by atoms with E-state index in [1.807, 2.05) is 25.2 Å². The van der Waals surface area contributed by atoms with Crippen molar-refractivity contribution in [2.75, 3.05) is 5.73 Å². The van der Waals surface area contributed by atoms with E-state index in [9.17, 15) is 0 Å². The van der Waals surface area contributed by atoms with Gasteiger partial charge in [-0.05, 0) is 55.6 Å². The van der Waals surface area contributed by atoms with E-state index < -0.39 is 0 Å². The molecule has 0 aliphatic carbocycles. The van der Waals surface area contributed by atoms with Crippen LogP contribution in [0.4, 0.5) is 5.82 Å². The van der Waals surface area contributed by atoms with Crippen molar-refractivity contribution in [1.29, 1.82) is 0 Å². The number of halogens is 2. The van der Waals surface area contributed by atoms with Gasteiger partial charge in [-0.15, -0.1) is 11.3 Å². The Hall–Kier alpha value is -1.18. The van der Waals surface area contributed by atoms with Crippen LogP contribution in [0.15, 0.2) is 38.9 Å². The summed E-state index contributed by atoms with van der Waals surface area (Å²) in [6.45, 7) is 0. The van der Waals surface area contributed by atoms with E-state index in [0.717, 1.165) is 30.0 Å². The Kier molecular flexibility index (Phi) is 3.66. The van der Waals surface area contributed by atoms with Crippen LogP contribution >= 0.6 is 43.2 Å². The first-order chi connectivity index (χ1) is 9.58. The minimum absolute atomic E-state index is 0.645. The highest BCUT2D eigenvalue weighted by molar-refractivity contribution is 9.13. The zero-order valence-electron chi connectivity index (χ0n) is 10.5. The van der Waals surface area contributed by atoms with Gasteiger partial charge in [-0.1, -0.05) is 0 Å². The molecule has 0 saturated carbocycles. The molecule has 3 rings (SSSR count). The third-order valence-electron chi connectivity index (χ3n) is 2.94. The SMILES string of the molecule is Cn1nc(-c2cc(Br)c(Br)s2)c(-c2ccncc2)c1N. The van der Waals surface area contributed by atoms with E-state index in [1.54, 1.807) is 28.4 Å². The van der Waals surface area contributed by atoms with Crippen molar-refractivity contribution in [1.82, 2.24) is 14.8 Å². The number of pyridine rings is 1. The van der Waals surface area contributed by atoms with Crippen LogP contribution in [0.5, 0.6) is 0 Å². The molecular formula is C13H10Br2N4S. The van der Waals surface area contributed by atoms with Crippen molar-refractivity contribution < 1.29 is 0 Å². The van der Waals surface area contributed by atoms with Gasteiger partial charge in [0.05, 0.1) is 14.2 Å². The van der Waals surface area contributed by atoms with Crippen LogP contribution < -0.4 is 5.73 Å². The maximum absolute atomic E-state index is 6.18. The molecule has 3 heterocycles. The standard InChI is InChI=1S/C13H10Br2N4S/c1-19-13(16)10(7-2-4-17-5-3-7)11(18-19)9-6-8(14)12(15)20-9/h2-6H,16H2,1H3. The molecule has 0 bridgehead atoms. The van der Waals surface area contributed by atoms with Crippen molar-refractivity contribution in [2.45, 2.75) is 0 Å². The molecule has 2 N–H and O–H groups in total. The monoisotopic (exact) mass is 412 g/mol. The fourth-order valence-corrected chi connectivity index (χ4v) is 4.00.